The minimum atomic E-state index is -4.40. The zero-order chi connectivity index (χ0) is 24.2. The van der Waals surface area contributed by atoms with Gasteiger partial charge in [-0.2, -0.15) is 18.2 Å². The van der Waals surface area contributed by atoms with Crippen LogP contribution in [0.15, 0.2) is 77.3 Å². The predicted molar refractivity (Wildman–Crippen MR) is 120 cm³/mol. The number of sulfonamides is 1. The molecule has 13 heteroatoms. The lowest BCUT2D eigenvalue weighted by atomic mass is 10.1. The zero-order valence-electron chi connectivity index (χ0n) is 17.2. The lowest BCUT2D eigenvalue weighted by molar-refractivity contribution is -0.137. The molecule has 176 valence electrons. The number of thiazole rings is 1. The molecule has 0 spiro atoms. The monoisotopic (exact) mass is 507 g/mol. The molecule has 0 unspecified atom stereocenters. The molecule has 0 aliphatic rings. The second-order valence-electron chi connectivity index (χ2n) is 6.79. The summed E-state index contributed by atoms with van der Waals surface area (Å²) in [4.78, 5) is 12.2. The Kier molecular flexibility index (Phi) is 6.65. The largest absolute Gasteiger partial charge is 0.473 e. The second-order valence-corrected chi connectivity index (χ2v) is 9.37. The molecule has 0 fully saturated rings. The van der Waals surface area contributed by atoms with E-state index in [-0.39, 0.29) is 28.5 Å². The molecule has 0 atom stereocenters. The van der Waals surface area contributed by atoms with Gasteiger partial charge in [0, 0.05) is 29.5 Å². The van der Waals surface area contributed by atoms with Gasteiger partial charge in [0.2, 0.25) is 11.8 Å². The number of anilines is 3. The van der Waals surface area contributed by atoms with Crippen LogP contribution in [0.4, 0.5) is 29.9 Å². The van der Waals surface area contributed by atoms with Crippen molar-refractivity contribution >= 4 is 38.1 Å². The average molecular weight is 508 g/mol. The van der Waals surface area contributed by atoms with Crippen molar-refractivity contribution in [2.75, 3.05) is 10.0 Å². The fourth-order valence-electron chi connectivity index (χ4n) is 2.72. The number of aromatic nitrogens is 3. The van der Waals surface area contributed by atoms with Crippen molar-refractivity contribution in [3.8, 4) is 5.88 Å². The van der Waals surface area contributed by atoms with Gasteiger partial charge in [0.25, 0.3) is 10.0 Å². The number of rotatable bonds is 8. The number of nitrogens with one attached hydrogen (secondary N) is 2. The van der Waals surface area contributed by atoms with Crippen LogP contribution in [0, 0.1) is 0 Å². The molecule has 4 rings (SSSR count). The molecule has 8 nitrogen and oxygen atoms in total. The number of alkyl halides is 3. The van der Waals surface area contributed by atoms with Crippen LogP contribution >= 0.6 is 11.3 Å². The molecule has 0 amide bonds. The average Bonchev–Trinajstić information content (AvgIpc) is 3.30. The Morgan fingerprint density at radius 2 is 1.68 bits per heavy atom. The number of hydrogen-bond acceptors (Lipinski definition) is 8. The fraction of sp³-hybridized carbons (Fsp3) is 0.0952. The van der Waals surface area contributed by atoms with E-state index in [9.17, 15) is 21.6 Å². The predicted octanol–water partition coefficient (Wildman–Crippen LogP) is 5.08. The summed E-state index contributed by atoms with van der Waals surface area (Å²) in [5, 5.41) is 4.86. The van der Waals surface area contributed by atoms with E-state index in [2.05, 4.69) is 25.0 Å². The van der Waals surface area contributed by atoms with Crippen molar-refractivity contribution in [3.05, 3.63) is 83.5 Å². The molecule has 2 heterocycles. The number of ether oxygens (including phenoxy) is 1. The van der Waals surface area contributed by atoms with Gasteiger partial charge in [-0.25, -0.2) is 18.4 Å². The van der Waals surface area contributed by atoms with Crippen LogP contribution in [0.2, 0.25) is 0 Å². The molecule has 0 aliphatic carbocycles. The molecule has 2 aromatic carbocycles. The summed E-state index contributed by atoms with van der Waals surface area (Å²) < 4.78 is 70.7. The van der Waals surface area contributed by atoms with Crippen LogP contribution in [-0.4, -0.2) is 23.4 Å². The summed E-state index contributed by atoms with van der Waals surface area (Å²) in [5.41, 5.74) is 0.347. The lowest BCUT2D eigenvalue weighted by Gasteiger charge is -2.10. The third-order valence-electron chi connectivity index (χ3n) is 4.37. The fourth-order valence-corrected chi connectivity index (χ4v) is 4.51. The first kappa shape index (κ1) is 23.4. The Morgan fingerprint density at radius 1 is 0.941 bits per heavy atom. The summed E-state index contributed by atoms with van der Waals surface area (Å²) >= 11 is 1.17. The van der Waals surface area contributed by atoms with E-state index in [4.69, 9.17) is 4.74 Å². The van der Waals surface area contributed by atoms with Gasteiger partial charge in [-0.1, -0.05) is 12.1 Å². The summed E-state index contributed by atoms with van der Waals surface area (Å²) in [6.45, 7) is 0.0211. The maximum atomic E-state index is 12.7. The van der Waals surface area contributed by atoms with Crippen LogP contribution in [-0.2, 0) is 22.8 Å². The van der Waals surface area contributed by atoms with E-state index in [0.717, 1.165) is 12.1 Å². The SMILES string of the molecule is O=S(=O)(Nc1nccs1)c1ccc(Nc2nccc(OCc3ccc(C(F)(F)F)cc3)n2)cc1. The highest BCUT2D eigenvalue weighted by Gasteiger charge is 2.29. The number of benzene rings is 2. The molecule has 0 bridgehead atoms. The Labute approximate surface area is 196 Å². The molecular weight excluding hydrogens is 491 g/mol. The van der Waals surface area contributed by atoms with E-state index in [0.29, 0.717) is 11.3 Å². The molecule has 0 saturated heterocycles. The Bertz CT molecular complexity index is 1350. The standard InChI is InChI=1S/C21H16F3N5O3S2/c22-21(23,24)15-3-1-14(2-4-15)13-32-18-9-10-25-19(28-18)27-16-5-7-17(8-6-16)34(30,31)29-20-26-11-12-33-20/h1-12H,13H2,(H,26,29)(H,25,27,28). The van der Waals surface area contributed by atoms with Crippen LogP contribution < -0.4 is 14.8 Å². The highest BCUT2D eigenvalue weighted by molar-refractivity contribution is 7.93. The highest BCUT2D eigenvalue weighted by Crippen LogP contribution is 2.29. The number of nitrogens with zero attached hydrogens (tertiary/aromatic N) is 3. The zero-order valence-corrected chi connectivity index (χ0v) is 18.8. The van der Waals surface area contributed by atoms with Crippen molar-refractivity contribution in [3.63, 3.8) is 0 Å². The molecular formula is C21H16F3N5O3S2. The van der Waals surface area contributed by atoms with Crippen molar-refractivity contribution in [2.45, 2.75) is 17.7 Å². The number of hydrogen-bond donors (Lipinski definition) is 2. The van der Waals surface area contributed by atoms with Gasteiger partial charge < -0.3 is 10.1 Å². The highest BCUT2D eigenvalue weighted by atomic mass is 32.2. The minimum absolute atomic E-state index is 0.0211. The molecule has 0 radical (unpaired) electrons. The summed E-state index contributed by atoms with van der Waals surface area (Å²) in [7, 11) is -3.77. The van der Waals surface area contributed by atoms with Crippen LogP contribution in [0.1, 0.15) is 11.1 Å². The van der Waals surface area contributed by atoms with Gasteiger partial charge >= 0.3 is 6.18 Å². The first-order valence-corrected chi connectivity index (χ1v) is 12.0. The van der Waals surface area contributed by atoms with Crippen LogP contribution in [0.25, 0.3) is 0 Å². The van der Waals surface area contributed by atoms with E-state index < -0.39 is 21.8 Å². The minimum Gasteiger partial charge on any atom is -0.473 e. The Hall–Kier alpha value is -3.71. The van der Waals surface area contributed by atoms with Crippen molar-refractivity contribution in [1.29, 1.82) is 0 Å². The van der Waals surface area contributed by atoms with Crippen LogP contribution in [0.3, 0.4) is 0 Å². The molecule has 34 heavy (non-hydrogen) atoms. The van der Waals surface area contributed by atoms with Crippen molar-refractivity contribution in [1.82, 2.24) is 15.0 Å². The smallest absolute Gasteiger partial charge is 0.416 e. The summed E-state index contributed by atoms with van der Waals surface area (Å²) in [5.74, 6) is 0.408. The van der Waals surface area contributed by atoms with E-state index in [1.165, 1.54) is 54.1 Å². The summed E-state index contributed by atoms with van der Waals surface area (Å²) in [6.07, 6.45) is -1.45. The second kappa shape index (κ2) is 9.65. The first-order valence-electron chi connectivity index (χ1n) is 9.60. The Morgan fingerprint density at radius 3 is 2.32 bits per heavy atom. The topological polar surface area (TPSA) is 106 Å². The quantitative estimate of drug-likeness (QED) is 0.343. The van der Waals surface area contributed by atoms with Gasteiger partial charge in [0.1, 0.15) is 6.61 Å². The van der Waals surface area contributed by atoms with E-state index in [1.54, 1.807) is 17.5 Å². The van der Waals surface area contributed by atoms with Gasteiger partial charge in [0.05, 0.1) is 10.5 Å². The van der Waals surface area contributed by atoms with Gasteiger partial charge in [-0.3, -0.25) is 4.72 Å². The molecule has 0 saturated carbocycles. The van der Waals surface area contributed by atoms with Gasteiger partial charge in [-0.15, -0.1) is 11.3 Å². The van der Waals surface area contributed by atoms with E-state index >= 15 is 0 Å². The lowest BCUT2D eigenvalue weighted by Crippen LogP contribution is -2.12. The number of halogens is 3. The van der Waals surface area contributed by atoms with Crippen molar-refractivity contribution in [2.24, 2.45) is 0 Å². The molecule has 4 aromatic rings. The first-order chi connectivity index (χ1) is 16.2. The van der Waals surface area contributed by atoms with Crippen LogP contribution in [0.5, 0.6) is 5.88 Å². The van der Waals surface area contributed by atoms with Crippen molar-refractivity contribution < 1.29 is 26.3 Å². The maximum absolute atomic E-state index is 12.7. The molecule has 0 aliphatic heterocycles. The molecule has 2 N–H and O–H groups in total. The van der Waals surface area contributed by atoms with Gasteiger partial charge in [0.15, 0.2) is 5.13 Å². The van der Waals surface area contributed by atoms with E-state index in [1.807, 2.05) is 0 Å². The normalized spacial score (nSPS) is 11.7. The van der Waals surface area contributed by atoms with Gasteiger partial charge in [-0.05, 0) is 42.0 Å². The Balaban J connectivity index is 1.37. The molecule has 2 aromatic heterocycles. The third-order valence-corrected chi connectivity index (χ3v) is 6.55. The maximum Gasteiger partial charge on any atom is 0.416 e. The summed E-state index contributed by atoms with van der Waals surface area (Å²) in [6, 6.07) is 12.1. The third kappa shape index (κ3) is 5.99.